The zero-order valence-corrected chi connectivity index (χ0v) is 13.2. The quantitative estimate of drug-likeness (QED) is 0.901. The molecule has 0 aliphatic carbocycles. The fourth-order valence-corrected chi connectivity index (χ4v) is 2.93. The average molecular weight is 368 g/mol. The Kier molecular flexibility index (Phi) is 4.17. The maximum Gasteiger partial charge on any atom is 0.305 e. The van der Waals surface area contributed by atoms with Crippen LogP contribution in [0.5, 0.6) is 0 Å². The van der Waals surface area contributed by atoms with Crippen LogP contribution in [0.1, 0.15) is 17.0 Å². The summed E-state index contributed by atoms with van der Waals surface area (Å²) >= 11 is 3.37. The molecule has 0 saturated carbocycles. The summed E-state index contributed by atoms with van der Waals surface area (Å²) in [4.78, 5) is 25.1. The molecule has 1 aromatic carbocycles. The molecule has 1 fully saturated rings. The van der Waals surface area contributed by atoms with Gasteiger partial charge in [0.05, 0.1) is 25.7 Å². The predicted octanol–water partition coefficient (Wildman–Crippen LogP) is 2.51. The lowest BCUT2D eigenvalue weighted by molar-refractivity contribution is -0.139. The lowest BCUT2D eigenvalue weighted by Gasteiger charge is -2.34. The van der Waals surface area contributed by atoms with E-state index in [1.165, 1.54) is 4.90 Å². The fourth-order valence-electron chi connectivity index (χ4n) is 2.55. The van der Waals surface area contributed by atoms with E-state index in [1.54, 1.807) is 12.1 Å². The highest BCUT2D eigenvalue weighted by atomic mass is 79.9. The monoisotopic (exact) mass is 367 g/mol. The minimum absolute atomic E-state index is 0.141. The summed E-state index contributed by atoms with van der Waals surface area (Å²) in [5, 5.41) is 9.78. The number of morpholine rings is 1. The van der Waals surface area contributed by atoms with Crippen molar-refractivity contribution in [2.75, 3.05) is 19.8 Å². The van der Waals surface area contributed by atoms with Gasteiger partial charge in [-0.15, -0.1) is 0 Å². The summed E-state index contributed by atoms with van der Waals surface area (Å²) in [6.07, 6.45) is -0.141. The number of hydrogen-bond acceptors (Lipinski definition) is 4. The molecule has 3 rings (SSSR count). The molecule has 2 heterocycles. The molecular formula is C15H14BrNO5. The number of amides is 1. The Bertz CT molecular complexity index is 726. The van der Waals surface area contributed by atoms with E-state index in [1.807, 2.05) is 12.1 Å². The van der Waals surface area contributed by atoms with Crippen LogP contribution in [0.15, 0.2) is 33.2 Å². The number of carbonyl (C=O) groups excluding carboxylic acids is 1. The third-order valence-corrected chi connectivity index (χ3v) is 4.08. The second-order valence-corrected chi connectivity index (χ2v) is 6.03. The number of fused-ring (bicyclic) bond motifs is 1. The molecule has 0 bridgehead atoms. The van der Waals surface area contributed by atoms with Gasteiger partial charge in [-0.1, -0.05) is 15.9 Å². The second kappa shape index (κ2) is 6.10. The maximum atomic E-state index is 12.6. The molecule has 22 heavy (non-hydrogen) atoms. The number of nitrogens with zero attached hydrogens (tertiary/aromatic N) is 1. The van der Waals surface area contributed by atoms with Gasteiger partial charge < -0.3 is 19.2 Å². The number of aliphatic carboxylic acids is 1. The number of rotatable bonds is 3. The molecule has 2 aromatic rings. The highest BCUT2D eigenvalue weighted by Gasteiger charge is 2.31. The summed E-state index contributed by atoms with van der Waals surface area (Å²) in [5.74, 6) is -1.05. The molecule has 116 valence electrons. The Morgan fingerprint density at radius 1 is 1.36 bits per heavy atom. The van der Waals surface area contributed by atoms with Crippen molar-refractivity contribution in [3.8, 4) is 0 Å². The zero-order chi connectivity index (χ0) is 15.7. The normalized spacial score (nSPS) is 18.6. The molecule has 1 aromatic heterocycles. The fraction of sp³-hybridized carbons (Fsp3) is 0.333. The van der Waals surface area contributed by atoms with E-state index in [9.17, 15) is 9.59 Å². The molecule has 1 aliphatic rings. The molecule has 0 radical (unpaired) electrons. The predicted molar refractivity (Wildman–Crippen MR) is 81.8 cm³/mol. The smallest absolute Gasteiger partial charge is 0.305 e. The van der Waals surface area contributed by atoms with E-state index in [2.05, 4.69) is 15.9 Å². The Hall–Kier alpha value is -1.86. The van der Waals surface area contributed by atoms with Gasteiger partial charge in [-0.25, -0.2) is 0 Å². The SMILES string of the molecule is O=C(O)CC1COCCN1C(=O)c1cc2cc(Br)ccc2o1. The summed E-state index contributed by atoms with van der Waals surface area (Å²) in [7, 11) is 0. The molecule has 1 saturated heterocycles. The van der Waals surface area contributed by atoms with Crippen LogP contribution in [0.25, 0.3) is 11.0 Å². The van der Waals surface area contributed by atoms with Gasteiger partial charge in [0, 0.05) is 16.4 Å². The van der Waals surface area contributed by atoms with Crippen LogP contribution in [-0.4, -0.2) is 47.7 Å². The largest absolute Gasteiger partial charge is 0.481 e. The van der Waals surface area contributed by atoms with E-state index >= 15 is 0 Å². The third-order valence-electron chi connectivity index (χ3n) is 3.59. The highest BCUT2D eigenvalue weighted by Crippen LogP contribution is 2.25. The van der Waals surface area contributed by atoms with Gasteiger partial charge in [0.2, 0.25) is 0 Å². The number of carboxylic acid groups (broad SMARTS) is 1. The van der Waals surface area contributed by atoms with Gasteiger partial charge >= 0.3 is 5.97 Å². The van der Waals surface area contributed by atoms with Crippen molar-refractivity contribution in [1.29, 1.82) is 0 Å². The molecular weight excluding hydrogens is 354 g/mol. The van der Waals surface area contributed by atoms with Crippen LogP contribution < -0.4 is 0 Å². The van der Waals surface area contributed by atoms with Crippen LogP contribution in [0.3, 0.4) is 0 Å². The Morgan fingerprint density at radius 3 is 2.95 bits per heavy atom. The minimum Gasteiger partial charge on any atom is -0.481 e. The molecule has 7 heteroatoms. The van der Waals surface area contributed by atoms with E-state index in [0.717, 1.165) is 9.86 Å². The first-order valence-corrected chi connectivity index (χ1v) is 7.63. The lowest BCUT2D eigenvalue weighted by Crippen LogP contribution is -2.49. The summed E-state index contributed by atoms with van der Waals surface area (Å²) in [6.45, 7) is 0.981. The number of carbonyl (C=O) groups is 2. The van der Waals surface area contributed by atoms with Crippen molar-refractivity contribution in [1.82, 2.24) is 4.90 Å². The van der Waals surface area contributed by atoms with Crippen molar-refractivity contribution in [3.05, 3.63) is 34.5 Å². The second-order valence-electron chi connectivity index (χ2n) is 5.12. The third kappa shape index (κ3) is 3.00. The van der Waals surface area contributed by atoms with Crippen molar-refractivity contribution in [3.63, 3.8) is 0 Å². The first-order valence-electron chi connectivity index (χ1n) is 6.84. The number of halogens is 1. The standard InChI is InChI=1S/C15H14BrNO5/c16-10-1-2-12-9(5-10)6-13(22-12)15(20)17-3-4-21-8-11(17)7-14(18)19/h1-2,5-6,11H,3-4,7-8H2,(H,18,19). The van der Waals surface area contributed by atoms with Gasteiger partial charge in [-0.2, -0.15) is 0 Å². The Labute approximate surface area is 134 Å². The lowest BCUT2D eigenvalue weighted by atomic mass is 10.1. The number of ether oxygens (including phenoxy) is 1. The number of benzene rings is 1. The zero-order valence-electron chi connectivity index (χ0n) is 11.6. The average Bonchev–Trinajstić information content (AvgIpc) is 2.89. The summed E-state index contributed by atoms with van der Waals surface area (Å²) < 4.78 is 11.8. The molecule has 1 amide bonds. The van der Waals surface area contributed by atoms with Crippen LogP contribution in [0, 0.1) is 0 Å². The van der Waals surface area contributed by atoms with Gasteiger partial charge in [0.25, 0.3) is 5.91 Å². The molecule has 1 N–H and O–H groups in total. The van der Waals surface area contributed by atoms with Crippen molar-refractivity contribution in [2.24, 2.45) is 0 Å². The van der Waals surface area contributed by atoms with E-state index in [-0.39, 0.29) is 24.7 Å². The van der Waals surface area contributed by atoms with Crippen LogP contribution in [0.2, 0.25) is 0 Å². The van der Waals surface area contributed by atoms with Crippen molar-refractivity contribution in [2.45, 2.75) is 12.5 Å². The van der Waals surface area contributed by atoms with Crippen LogP contribution >= 0.6 is 15.9 Å². The number of carboxylic acids is 1. The molecule has 6 nitrogen and oxygen atoms in total. The van der Waals surface area contributed by atoms with Crippen molar-refractivity contribution >= 4 is 38.8 Å². The van der Waals surface area contributed by atoms with Gasteiger partial charge in [-0.05, 0) is 24.3 Å². The molecule has 1 atom stereocenters. The van der Waals surface area contributed by atoms with Gasteiger partial charge in [0.15, 0.2) is 5.76 Å². The molecule has 1 unspecified atom stereocenters. The summed E-state index contributed by atoms with van der Waals surface area (Å²) in [5.41, 5.74) is 0.620. The van der Waals surface area contributed by atoms with Crippen LogP contribution in [-0.2, 0) is 9.53 Å². The van der Waals surface area contributed by atoms with Gasteiger partial charge in [0.1, 0.15) is 5.58 Å². The first kappa shape index (κ1) is 15.1. The first-order chi connectivity index (χ1) is 10.5. The van der Waals surface area contributed by atoms with Gasteiger partial charge in [-0.3, -0.25) is 9.59 Å². The number of hydrogen-bond donors (Lipinski definition) is 1. The molecule has 1 aliphatic heterocycles. The van der Waals surface area contributed by atoms with Crippen LogP contribution in [0.4, 0.5) is 0 Å². The van der Waals surface area contributed by atoms with E-state index < -0.39 is 12.0 Å². The molecule has 0 spiro atoms. The number of furan rings is 1. The Balaban J connectivity index is 1.87. The summed E-state index contributed by atoms with van der Waals surface area (Å²) in [6, 6.07) is 6.68. The van der Waals surface area contributed by atoms with Crippen molar-refractivity contribution < 1.29 is 23.8 Å². The maximum absolute atomic E-state index is 12.6. The van der Waals surface area contributed by atoms with E-state index in [4.69, 9.17) is 14.3 Å². The Morgan fingerprint density at radius 2 is 2.18 bits per heavy atom. The highest BCUT2D eigenvalue weighted by molar-refractivity contribution is 9.10. The topological polar surface area (TPSA) is 80.0 Å². The minimum atomic E-state index is -0.957. The van der Waals surface area contributed by atoms with E-state index in [0.29, 0.717) is 18.7 Å².